The number of rotatable bonds is 5. The second-order valence-corrected chi connectivity index (χ2v) is 7.44. The van der Waals surface area contributed by atoms with Gasteiger partial charge in [-0.15, -0.1) is 4.80 Å². The monoisotopic (exact) mass is 440 g/mol. The third-order valence-corrected chi connectivity index (χ3v) is 5.02. The minimum Gasteiger partial charge on any atom is -0.461 e. The van der Waals surface area contributed by atoms with Gasteiger partial charge in [0.2, 0.25) is 0 Å². The number of pyridine rings is 2. The summed E-state index contributed by atoms with van der Waals surface area (Å²) in [7, 11) is 0. The average molecular weight is 440 g/mol. The summed E-state index contributed by atoms with van der Waals surface area (Å²) in [5.41, 5.74) is 10.6. The topological polar surface area (TPSA) is 127 Å². The summed E-state index contributed by atoms with van der Waals surface area (Å²) in [4.78, 5) is 26.4. The molecule has 4 aromatic heterocycles. The lowest BCUT2D eigenvalue weighted by atomic mass is 10.2. The van der Waals surface area contributed by atoms with Crippen LogP contribution in [0.1, 0.15) is 18.2 Å². The number of ether oxygens (including phenoxy) is 1. The number of esters is 1. The molecule has 5 aromatic rings. The molecule has 5 rings (SSSR count). The molecular weight excluding hydrogens is 420 g/mol. The quantitative estimate of drug-likeness (QED) is 0.413. The van der Waals surface area contributed by atoms with Gasteiger partial charge >= 0.3 is 5.97 Å². The fourth-order valence-electron chi connectivity index (χ4n) is 3.47. The molecular formula is C23H20N8O2. The molecule has 164 valence electrons. The van der Waals surface area contributed by atoms with Gasteiger partial charge in [-0.2, -0.15) is 10.2 Å². The fraction of sp³-hybridized carbons (Fsp3) is 0.130. The molecule has 4 heterocycles. The highest BCUT2D eigenvalue weighted by Crippen LogP contribution is 2.30. The number of fused-ring (bicyclic) bond motifs is 1. The number of nitrogens with two attached hydrogens (primary N) is 1. The van der Waals surface area contributed by atoms with Crippen LogP contribution < -0.4 is 5.73 Å². The number of imidazole rings is 1. The third kappa shape index (κ3) is 3.89. The van der Waals surface area contributed by atoms with Gasteiger partial charge < -0.3 is 10.5 Å². The fourth-order valence-corrected chi connectivity index (χ4v) is 3.47. The normalized spacial score (nSPS) is 11.1. The van der Waals surface area contributed by atoms with Gasteiger partial charge in [-0.3, -0.25) is 9.36 Å². The minimum atomic E-state index is -0.326. The molecule has 33 heavy (non-hydrogen) atoms. The first kappa shape index (κ1) is 20.3. The molecule has 1 aromatic carbocycles. The molecule has 0 aliphatic rings. The molecule has 10 heteroatoms. The first-order valence-corrected chi connectivity index (χ1v) is 10.2. The van der Waals surface area contributed by atoms with Gasteiger partial charge in [0.1, 0.15) is 17.9 Å². The number of carbonyl (C=O) groups is 1. The molecule has 0 saturated heterocycles. The zero-order chi connectivity index (χ0) is 22.9. The van der Waals surface area contributed by atoms with E-state index in [1.165, 1.54) is 11.7 Å². The summed E-state index contributed by atoms with van der Waals surface area (Å²) in [5, 5.41) is 8.62. The molecule has 0 spiro atoms. The van der Waals surface area contributed by atoms with Gasteiger partial charge in [-0.1, -0.05) is 12.1 Å². The molecule has 2 N–H and O–H groups in total. The summed E-state index contributed by atoms with van der Waals surface area (Å²) in [5.74, 6) is 1.21. The highest BCUT2D eigenvalue weighted by molar-refractivity contribution is 5.83. The number of hydrogen-bond donors (Lipinski definition) is 1. The number of nitrogens with zero attached hydrogens (tertiary/aromatic N) is 7. The van der Waals surface area contributed by atoms with Gasteiger partial charge in [0.25, 0.3) is 0 Å². The standard InChI is InChI=1S/C23H20N8O2/c1-14-12-26-31(29-14)20-10-9-19-23(28-20)30(22(27-19)18-4-3-11-25-21(18)24)17-7-5-16(6-8-17)13-33-15(2)32/h3-12H,13H2,1-2H3,(H2,24,25). The Kier molecular flexibility index (Phi) is 5.02. The van der Waals surface area contributed by atoms with Crippen LogP contribution in [0.3, 0.4) is 0 Å². The van der Waals surface area contributed by atoms with E-state index in [0.29, 0.717) is 34.2 Å². The number of carbonyl (C=O) groups excluding carboxylic acids is 1. The summed E-state index contributed by atoms with van der Waals surface area (Å²) in [6, 6.07) is 15.0. The van der Waals surface area contributed by atoms with E-state index in [-0.39, 0.29) is 12.6 Å². The SMILES string of the molecule is CC(=O)OCc1ccc(-n2c(-c3cccnc3N)nc3ccc(-n4ncc(C)n4)nc32)cc1. The van der Waals surface area contributed by atoms with Gasteiger partial charge in [0.15, 0.2) is 17.3 Å². The Bertz CT molecular complexity index is 1470. The molecule has 0 fully saturated rings. The van der Waals surface area contributed by atoms with E-state index in [1.807, 2.05) is 60.0 Å². The van der Waals surface area contributed by atoms with E-state index >= 15 is 0 Å². The molecule has 0 amide bonds. The molecule has 0 saturated carbocycles. The lowest BCUT2D eigenvalue weighted by Gasteiger charge is -2.11. The second kappa shape index (κ2) is 8.15. The number of hydrogen-bond acceptors (Lipinski definition) is 8. The van der Waals surface area contributed by atoms with E-state index < -0.39 is 0 Å². The van der Waals surface area contributed by atoms with E-state index in [4.69, 9.17) is 20.4 Å². The largest absolute Gasteiger partial charge is 0.461 e. The maximum absolute atomic E-state index is 11.1. The highest BCUT2D eigenvalue weighted by atomic mass is 16.5. The van der Waals surface area contributed by atoms with Crippen LogP contribution in [0, 0.1) is 6.92 Å². The van der Waals surface area contributed by atoms with Gasteiger partial charge in [0.05, 0.1) is 17.5 Å². The Morgan fingerprint density at radius 3 is 2.61 bits per heavy atom. The summed E-state index contributed by atoms with van der Waals surface area (Å²) < 4.78 is 7.01. The van der Waals surface area contributed by atoms with Crippen LogP contribution in [0.25, 0.3) is 34.1 Å². The first-order chi connectivity index (χ1) is 16.0. The van der Waals surface area contributed by atoms with Crippen molar-refractivity contribution in [3.05, 3.63) is 72.2 Å². The van der Waals surface area contributed by atoms with Crippen molar-refractivity contribution in [2.75, 3.05) is 5.73 Å². The van der Waals surface area contributed by atoms with Crippen molar-refractivity contribution in [1.82, 2.24) is 34.5 Å². The van der Waals surface area contributed by atoms with Crippen LogP contribution >= 0.6 is 0 Å². The van der Waals surface area contributed by atoms with E-state index in [9.17, 15) is 4.79 Å². The van der Waals surface area contributed by atoms with E-state index in [1.54, 1.807) is 12.4 Å². The lowest BCUT2D eigenvalue weighted by Crippen LogP contribution is -2.05. The number of anilines is 1. The molecule has 0 aliphatic heterocycles. The molecule has 0 atom stereocenters. The van der Waals surface area contributed by atoms with Crippen LogP contribution in [-0.2, 0) is 16.1 Å². The van der Waals surface area contributed by atoms with Crippen molar-refractivity contribution >= 4 is 23.0 Å². The van der Waals surface area contributed by atoms with Crippen molar-refractivity contribution < 1.29 is 9.53 Å². The average Bonchev–Trinajstić information content (AvgIpc) is 3.41. The number of nitrogen functional groups attached to an aromatic ring is 1. The summed E-state index contributed by atoms with van der Waals surface area (Å²) in [6.45, 7) is 3.46. The Morgan fingerprint density at radius 2 is 1.91 bits per heavy atom. The van der Waals surface area contributed by atoms with Crippen molar-refractivity contribution in [3.63, 3.8) is 0 Å². The minimum absolute atomic E-state index is 0.204. The zero-order valence-corrected chi connectivity index (χ0v) is 18.0. The number of benzene rings is 1. The molecule has 0 radical (unpaired) electrons. The maximum Gasteiger partial charge on any atom is 0.302 e. The van der Waals surface area contributed by atoms with Crippen molar-refractivity contribution in [2.45, 2.75) is 20.5 Å². The van der Waals surface area contributed by atoms with Gasteiger partial charge in [-0.05, 0) is 48.9 Å². The number of aryl methyl sites for hydroxylation is 1. The molecule has 10 nitrogen and oxygen atoms in total. The number of aromatic nitrogens is 7. The second-order valence-electron chi connectivity index (χ2n) is 7.44. The van der Waals surface area contributed by atoms with Crippen LogP contribution in [0.4, 0.5) is 5.82 Å². The summed E-state index contributed by atoms with van der Waals surface area (Å²) >= 11 is 0. The van der Waals surface area contributed by atoms with E-state index in [0.717, 1.165) is 16.9 Å². The predicted octanol–water partition coefficient (Wildman–Crippen LogP) is 3.02. The van der Waals surface area contributed by atoms with Crippen molar-refractivity contribution in [3.8, 4) is 22.9 Å². The van der Waals surface area contributed by atoms with E-state index in [2.05, 4.69) is 15.2 Å². The Labute approximate surface area is 188 Å². The van der Waals surface area contributed by atoms with Crippen molar-refractivity contribution in [1.29, 1.82) is 0 Å². The molecule has 0 bridgehead atoms. The molecule has 0 unspecified atom stereocenters. The van der Waals surface area contributed by atoms with Gasteiger partial charge in [0, 0.05) is 18.8 Å². The molecule has 0 aliphatic carbocycles. The van der Waals surface area contributed by atoms with Crippen molar-refractivity contribution in [2.24, 2.45) is 0 Å². The predicted molar refractivity (Wildman–Crippen MR) is 122 cm³/mol. The highest BCUT2D eigenvalue weighted by Gasteiger charge is 2.19. The summed E-state index contributed by atoms with van der Waals surface area (Å²) in [6.07, 6.45) is 3.31. The van der Waals surface area contributed by atoms with Crippen LogP contribution in [-0.4, -0.2) is 40.5 Å². The lowest BCUT2D eigenvalue weighted by molar-refractivity contribution is -0.142. The zero-order valence-electron chi connectivity index (χ0n) is 18.0. The Morgan fingerprint density at radius 1 is 1.09 bits per heavy atom. The van der Waals surface area contributed by atoms with Crippen LogP contribution in [0.2, 0.25) is 0 Å². The Hall–Kier alpha value is -4.60. The smallest absolute Gasteiger partial charge is 0.302 e. The maximum atomic E-state index is 11.1. The third-order valence-electron chi connectivity index (χ3n) is 5.02. The van der Waals surface area contributed by atoms with Crippen LogP contribution in [0.5, 0.6) is 0 Å². The first-order valence-electron chi connectivity index (χ1n) is 10.2. The van der Waals surface area contributed by atoms with Crippen LogP contribution in [0.15, 0.2) is 60.9 Å². The Balaban J connectivity index is 1.69. The van der Waals surface area contributed by atoms with Gasteiger partial charge in [-0.25, -0.2) is 15.0 Å².